The second-order valence-corrected chi connectivity index (χ2v) is 7.24. The maximum atomic E-state index is 14.0. The number of hydrogen-bond donors (Lipinski definition) is 1. The number of carbonyl (C=O) groups is 2. The van der Waals surface area contributed by atoms with Crippen LogP contribution in [0.4, 0.5) is 15.0 Å². The van der Waals surface area contributed by atoms with Crippen LogP contribution in [0.3, 0.4) is 0 Å². The molecule has 0 radical (unpaired) electrons. The lowest BCUT2D eigenvalue weighted by Gasteiger charge is -2.31. The van der Waals surface area contributed by atoms with Crippen LogP contribution in [0.25, 0.3) is 5.69 Å². The summed E-state index contributed by atoms with van der Waals surface area (Å²) in [6, 6.07) is 5.98. The van der Waals surface area contributed by atoms with Crippen LogP contribution in [0.15, 0.2) is 30.5 Å². The van der Waals surface area contributed by atoms with Crippen molar-refractivity contribution in [2.45, 2.75) is 25.3 Å². The minimum absolute atomic E-state index is 0.0659. The van der Waals surface area contributed by atoms with E-state index in [0.29, 0.717) is 30.4 Å². The number of amides is 2. The van der Waals surface area contributed by atoms with Crippen molar-refractivity contribution < 1.29 is 18.7 Å². The number of aromatic nitrogens is 2. The molecule has 1 aromatic carbocycles. The van der Waals surface area contributed by atoms with Crippen LogP contribution in [0.2, 0.25) is 5.02 Å². The van der Waals surface area contributed by atoms with Crippen molar-refractivity contribution in [1.82, 2.24) is 14.7 Å². The van der Waals surface area contributed by atoms with Gasteiger partial charge < -0.3 is 15.0 Å². The molecule has 2 atom stereocenters. The highest BCUT2D eigenvalue weighted by atomic mass is 35.5. The van der Waals surface area contributed by atoms with Gasteiger partial charge in [0.2, 0.25) is 5.91 Å². The number of fused-ring (bicyclic) bond motifs is 1. The molecule has 0 saturated carbocycles. The molecule has 0 aliphatic carbocycles. The third-order valence-electron chi connectivity index (χ3n) is 4.95. The number of nitrogens with zero attached hydrogens (tertiary/aromatic N) is 3. The number of carbonyl (C=O) groups excluding carboxylic acids is 2. The standard InChI is InChI=1S/C18H18ClFN4O3/c19-12-1-2-15(14(20)9-12)24-6-4-16(22-24)21-17(25)8-11-3-5-23-13(7-11)10-27-18(23)26/h1-2,4,6,9,11,13H,3,5,7-8,10H2,(H,21,22,25)/t11-,13+/m0/s1. The van der Waals surface area contributed by atoms with Gasteiger partial charge in [-0.05, 0) is 37.0 Å². The summed E-state index contributed by atoms with van der Waals surface area (Å²) in [4.78, 5) is 25.6. The molecule has 9 heteroatoms. The lowest BCUT2D eigenvalue weighted by molar-refractivity contribution is -0.117. The molecule has 2 amide bonds. The Bertz CT molecular complexity index is 887. The van der Waals surface area contributed by atoms with Crippen LogP contribution < -0.4 is 5.32 Å². The molecule has 142 valence electrons. The van der Waals surface area contributed by atoms with Crippen molar-refractivity contribution in [3.05, 3.63) is 41.3 Å². The molecule has 7 nitrogen and oxygen atoms in total. The van der Waals surface area contributed by atoms with Crippen molar-refractivity contribution in [3.8, 4) is 5.69 Å². The number of nitrogens with one attached hydrogen (secondary N) is 1. The van der Waals surface area contributed by atoms with Gasteiger partial charge in [-0.2, -0.15) is 0 Å². The van der Waals surface area contributed by atoms with Crippen LogP contribution in [0.5, 0.6) is 0 Å². The second-order valence-electron chi connectivity index (χ2n) is 6.81. The maximum absolute atomic E-state index is 14.0. The molecular weight excluding hydrogens is 375 g/mol. The number of cyclic esters (lactones) is 1. The Morgan fingerprint density at radius 3 is 3.07 bits per heavy atom. The van der Waals surface area contributed by atoms with E-state index in [2.05, 4.69) is 10.4 Å². The Hall–Kier alpha value is -2.61. The fraction of sp³-hybridized carbons (Fsp3) is 0.389. The third-order valence-corrected chi connectivity index (χ3v) is 5.18. The number of anilines is 1. The van der Waals surface area contributed by atoms with Gasteiger partial charge in [0.05, 0.1) is 6.04 Å². The number of ether oxygens (including phenoxy) is 1. The number of halogens is 2. The fourth-order valence-electron chi connectivity index (χ4n) is 3.62. The van der Waals surface area contributed by atoms with Crippen molar-refractivity contribution in [3.63, 3.8) is 0 Å². The smallest absolute Gasteiger partial charge is 0.410 e. The van der Waals surface area contributed by atoms with Crippen molar-refractivity contribution in [2.24, 2.45) is 5.92 Å². The molecule has 27 heavy (non-hydrogen) atoms. The van der Waals surface area contributed by atoms with E-state index in [4.69, 9.17) is 16.3 Å². The Kier molecular flexibility index (Phi) is 4.73. The average molecular weight is 393 g/mol. The molecule has 2 saturated heterocycles. The molecule has 1 aromatic heterocycles. The minimum Gasteiger partial charge on any atom is -0.447 e. The topological polar surface area (TPSA) is 76.5 Å². The summed E-state index contributed by atoms with van der Waals surface area (Å²) in [5.74, 6) is -0.105. The van der Waals surface area contributed by atoms with Crippen LogP contribution in [-0.2, 0) is 9.53 Å². The van der Waals surface area contributed by atoms with Gasteiger partial charge in [0.15, 0.2) is 5.82 Å². The lowest BCUT2D eigenvalue weighted by Crippen LogP contribution is -2.41. The summed E-state index contributed by atoms with van der Waals surface area (Å²) in [6.45, 7) is 1.01. The molecule has 1 N–H and O–H groups in total. The zero-order valence-corrected chi connectivity index (χ0v) is 15.2. The van der Waals surface area contributed by atoms with Gasteiger partial charge in [-0.25, -0.2) is 13.9 Å². The van der Waals surface area contributed by atoms with Crippen LogP contribution in [0.1, 0.15) is 19.3 Å². The predicted octanol–water partition coefficient (Wildman–Crippen LogP) is 3.22. The first-order valence-electron chi connectivity index (χ1n) is 8.74. The Morgan fingerprint density at radius 2 is 2.26 bits per heavy atom. The lowest BCUT2D eigenvalue weighted by atomic mass is 9.89. The molecule has 2 aromatic rings. The molecule has 2 aliphatic rings. The van der Waals surface area contributed by atoms with Crippen LogP contribution in [0, 0.1) is 11.7 Å². The number of rotatable bonds is 4. The molecule has 0 spiro atoms. The Balaban J connectivity index is 1.35. The van der Waals surface area contributed by atoms with Crippen LogP contribution >= 0.6 is 11.6 Å². The third kappa shape index (κ3) is 3.75. The van der Waals surface area contributed by atoms with E-state index in [9.17, 15) is 14.0 Å². The van der Waals surface area contributed by atoms with E-state index in [0.717, 1.165) is 12.8 Å². The molecule has 3 heterocycles. The molecule has 4 rings (SSSR count). The first-order valence-corrected chi connectivity index (χ1v) is 9.12. The Labute approximate surface area is 160 Å². The van der Waals surface area contributed by atoms with Gasteiger partial charge in [0, 0.05) is 30.3 Å². The average Bonchev–Trinajstić information content (AvgIpc) is 3.22. The van der Waals surface area contributed by atoms with Crippen molar-refractivity contribution in [2.75, 3.05) is 18.5 Å². The van der Waals surface area contributed by atoms with Gasteiger partial charge in [0.25, 0.3) is 0 Å². The summed E-state index contributed by atoms with van der Waals surface area (Å²) >= 11 is 5.76. The normalized spacial score (nSPS) is 21.7. The van der Waals surface area contributed by atoms with E-state index in [-0.39, 0.29) is 29.6 Å². The quantitative estimate of drug-likeness (QED) is 0.866. The van der Waals surface area contributed by atoms with E-state index in [1.165, 1.54) is 16.8 Å². The fourth-order valence-corrected chi connectivity index (χ4v) is 3.77. The van der Waals surface area contributed by atoms with Gasteiger partial charge in [0.1, 0.15) is 18.1 Å². The van der Waals surface area contributed by atoms with Crippen LogP contribution in [-0.4, -0.2) is 45.9 Å². The predicted molar refractivity (Wildman–Crippen MR) is 96.3 cm³/mol. The number of hydrogen-bond acceptors (Lipinski definition) is 4. The summed E-state index contributed by atoms with van der Waals surface area (Å²) in [7, 11) is 0. The molecule has 2 fully saturated rings. The zero-order valence-electron chi connectivity index (χ0n) is 14.4. The monoisotopic (exact) mass is 392 g/mol. The molecular formula is C18H18ClFN4O3. The molecule has 2 aliphatic heterocycles. The van der Waals surface area contributed by atoms with E-state index >= 15 is 0 Å². The summed E-state index contributed by atoms with van der Waals surface area (Å²) in [6.07, 6.45) is 3.18. The highest BCUT2D eigenvalue weighted by Crippen LogP contribution is 2.29. The van der Waals surface area contributed by atoms with Crippen molar-refractivity contribution >= 4 is 29.4 Å². The van der Waals surface area contributed by atoms with E-state index in [1.807, 2.05) is 0 Å². The second kappa shape index (κ2) is 7.19. The first kappa shape index (κ1) is 17.8. The summed E-state index contributed by atoms with van der Waals surface area (Å²) < 4.78 is 20.4. The summed E-state index contributed by atoms with van der Waals surface area (Å²) in [5.41, 5.74) is 0.248. The maximum Gasteiger partial charge on any atom is 0.410 e. The largest absolute Gasteiger partial charge is 0.447 e. The van der Waals surface area contributed by atoms with Gasteiger partial charge in [-0.1, -0.05) is 11.6 Å². The SMILES string of the molecule is O=C(C[C@H]1CCN2C(=O)OC[C@H]2C1)Nc1ccn(-c2ccc(Cl)cc2F)n1. The summed E-state index contributed by atoms with van der Waals surface area (Å²) in [5, 5.41) is 7.25. The zero-order chi connectivity index (χ0) is 19.0. The van der Waals surface area contributed by atoms with Gasteiger partial charge >= 0.3 is 6.09 Å². The van der Waals surface area contributed by atoms with E-state index < -0.39 is 5.82 Å². The molecule has 0 bridgehead atoms. The molecule has 0 unspecified atom stereocenters. The number of benzene rings is 1. The highest BCUT2D eigenvalue weighted by molar-refractivity contribution is 6.30. The van der Waals surface area contributed by atoms with Crippen molar-refractivity contribution in [1.29, 1.82) is 0 Å². The first-order chi connectivity index (χ1) is 13.0. The number of piperidine rings is 1. The highest BCUT2D eigenvalue weighted by Gasteiger charge is 2.38. The van der Waals surface area contributed by atoms with E-state index in [1.54, 1.807) is 23.2 Å². The minimum atomic E-state index is -0.497. The Morgan fingerprint density at radius 1 is 1.41 bits per heavy atom. The van der Waals surface area contributed by atoms with Gasteiger partial charge in [-0.15, -0.1) is 5.10 Å². The van der Waals surface area contributed by atoms with Gasteiger partial charge in [-0.3, -0.25) is 4.79 Å².